The molecule has 3 N–H and O–H groups in total. The molecule has 7 nitrogen and oxygen atoms in total. The minimum Gasteiger partial charge on any atom is -0.497 e. The molecule has 7 heteroatoms. The maximum Gasteiger partial charge on any atom is 0.377 e. The molecular formula is C13H20N4O3. The van der Waals surface area contributed by atoms with Gasteiger partial charge < -0.3 is 4.74 Å². The van der Waals surface area contributed by atoms with Crippen molar-refractivity contribution in [1.82, 2.24) is 10.6 Å². The van der Waals surface area contributed by atoms with E-state index < -0.39 is 11.6 Å². The molecule has 0 bridgehead atoms. The van der Waals surface area contributed by atoms with Gasteiger partial charge in [0.1, 0.15) is 5.75 Å². The fourth-order valence-electron chi connectivity index (χ4n) is 1.24. The van der Waals surface area contributed by atoms with Gasteiger partial charge in [-0.2, -0.15) is 0 Å². The number of rotatable bonds is 4. The van der Waals surface area contributed by atoms with Gasteiger partial charge in [0, 0.05) is 0 Å². The van der Waals surface area contributed by atoms with Crippen LogP contribution in [0, 0.1) is 0 Å². The van der Waals surface area contributed by atoms with E-state index in [-0.39, 0.29) is 0 Å². The second kappa shape index (κ2) is 6.88. The van der Waals surface area contributed by atoms with Gasteiger partial charge in [-0.1, -0.05) is 5.17 Å². The number of hydrazine groups is 1. The monoisotopic (exact) mass is 280 g/mol. The van der Waals surface area contributed by atoms with Gasteiger partial charge in [-0.05, 0) is 50.6 Å². The van der Waals surface area contributed by atoms with Crippen LogP contribution in [0.4, 0.5) is 4.79 Å². The van der Waals surface area contributed by atoms with Gasteiger partial charge in [-0.3, -0.25) is 5.43 Å². The Kier molecular flexibility index (Phi) is 5.48. The number of carbonyl (C=O) groups excluding carboxylic acids is 1. The number of hydrogen-bond acceptors (Lipinski definition) is 5. The van der Waals surface area contributed by atoms with Crippen molar-refractivity contribution in [2.24, 2.45) is 10.9 Å². The van der Waals surface area contributed by atoms with Gasteiger partial charge >= 0.3 is 6.03 Å². The lowest BCUT2D eigenvalue weighted by Gasteiger charge is -2.24. The largest absolute Gasteiger partial charge is 0.497 e. The van der Waals surface area contributed by atoms with E-state index in [0.717, 1.165) is 16.5 Å². The van der Waals surface area contributed by atoms with E-state index in [2.05, 4.69) is 5.10 Å². The van der Waals surface area contributed by atoms with Crippen LogP contribution in [0.15, 0.2) is 29.4 Å². The zero-order valence-electron chi connectivity index (χ0n) is 12.1. The van der Waals surface area contributed by atoms with Gasteiger partial charge in [-0.15, -0.1) is 5.10 Å². The topological polar surface area (TPSA) is 89.2 Å². The number of hydrogen-bond donors (Lipinski definition) is 2. The highest BCUT2D eigenvalue weighted by molar-refractivity contribution is 5.81. The van der Waals surface area contributed by atoms with Gasteiger partial charge in [0.25, 0.3) is 0 Å². The van der Waals surface area contributed by atoms with Gasteiger partial charge in [-0.25, -0.2) is 15.5 Å². The van der Waals surface area contributed by atoms with Crippen molar-refractivity contribution in [3.05, 3.63) is 29.8 Å². The molecule has 2 amide bonds. The lowest BCUT2D eigenvalue weighted by atomic mass is 10.2. The Bertz CT molecular complexity index is 465. The molecule has 0 aliphatic heterocycles. The number of amides is 2. The van der Waals surface area contributed by atoms with E-state index >= 15 is 0 Å². The van der Waals surface area contributed by atoms with Crippen molar-refractivity contribution < 1.29 is 14.4 Å². The van der Waals surface area contributed by atoms with Crippen LogP contribution >= 0.6 is 0 Å². The third-order valence-electron chi connectivity index (χ3n) is 2.09. The molecule has 0 fully saturated rings. The highest BCUT2D eigenvalue weighted by Gasteiger charge is 2.20. The summed E-state index contributed by atoms with van der Waals surface area (Å²) in [5, 5.41) is 4.77. The summed E-state index contributed by atoms with van der Waals surface area (Å²) in [6.45, 7) is 5.39. The van der Waals surface area contributed by atoms with E-state index in [4.69, 9.17) is 15.4 Å². The van der Waals surface area contributed by atoms with Crippen LogP contribution in [0.3, 0.4) is 0 Å². The van der Waals surface area contributed by atoms with Crippen LogP contribution in [0.5, 0.6) is 5.75 Å². The average molecular weight is 280 g/mol. The molecule has 0 aliphatic rings. The van der Waals surface area contributed by atoms with Crippen molar-refractivity contribution >= 4 is 12.2 Å². The normalized spacial score (nSPS) is 11.4. The maximum absolute atomic E-state index is 11.5. The molecule has 0 heterocycles. The molecule has 110 valence electrons. The molecule has 0 radical (unpaired) electrons. The summed E-state index contributed by atoms with van der Waals surface area (Å²) >= 11 is 0. The molecule has 0 spiro atoms. The second-order valence-corrected chi connectivity index (χ2v) is 4.94. The molecule has 0 aromatic heterocycles. The summed E-state index contributed by atoms with van der Waals surface area (Å²) in [6, 6.07) is 6.53. The first-order chi connectivity index (χ1) is 9.35. The number of carbonyl (C=O) groups is 1. The van der Waals surface area contributed by atoms with Crippen LogP contribution in [-0.4, -0.2) is 30.1 Å². The molecule has 1 rings (SSSR count). The summed E-state index contributed by atoms with van der Waals surface area (Å²) in [5.74, 6) is 5.83. The zero-order valence-corrected chi connectivity index (χ0v) is 12.1. The number of nitrogens with two attached hydrogens (primary N) is 1. The number of urea groups is 1. The Morgan fingerprint density at radius 1 is 1.35 bits per heavy atom. The number of nitrogens with zero attached hydrogens (tertiary/aromatic N) is 2. The number of benzene rings is 1. The smallest absolute Gasteiger partial charge is 0.377 e. The zero-order chi connectivity index (χ0) is 15.2. The summed E-state index contributed by atoms with van der Waals surface area (Å²) in [4.78, 5) is 16.9. The molecule has 1 aromatic rings. The quantitative estimate of drug-likeness (QED) is 0.380. The number of ether oxygens (including phenoxy) is 1. The Labute approximate surface area is 118 Å². The highest BCUT2D eigenvalue weighted by Crippen LogP contribution is 2.12. The van der Waals surface area contributed by atoms with E-state index in [0.29, 0.717) is 0 Å². The standard InChI is InChI=1S/C13H20N4O3/c1-13(2,3)20-17(12(18)16-14)15-9-10-5-7-11(19-4)8-6-10/h5-9H,14H2,1-4H3,(H,16,18)/b15-9+. The molecule has 0 saturated heterocycles. The maximum atomic E-state index is 11.5. The van der Waals surface area contributed by atoms with Crippen LogP contribution in [0.25, 0.3) is 0 Å². The number of hydrazone groups is 1. The van der Waals surface area contributed by atoms with Crippen LogP contribution in [-0.2, 0) is 4.84 Å². The van der Waals surface area contributed by atoms with Gasteiger partial charge in [0.2, 0.25) is 0 Å². The third-order valence-corrected chi connectivity index (χ3v) is 2.09. The minimum atomic E-state index is -0.662. The highest BCUT2D eigenvalue weighted by atomic mass is 16.7. The van der Waals surface area contributed by atoms with Crippen LogP contribution in [0.2, 0.25) is 0 Å². The van der Waals surface area contributed by atoms with Crippen molar-refractivity contribution in [2.45, 2.75) is 26.4 Å². The first-order valence-electron chi connectivity index (χ1n) is 6.03. The van der Waals surface area contributed by atoms with Crippen molar-refractivity contribution in [2.75, 3.05) is 7.11 Å². The molecular weight excluding hydrogens is 260 g/mol. The first-order valence-corrected chi connectivity index (χ1v) is 6.03. The van der Waals surface area contributed by atoms with Crippen LogP contribution < -0.4 is 16.0 Å². The van der Waals surface area contributed by atoms with Crippen molar-refractivity contribution in [1.29, 1.82) is 0 Å². The van der Waals surface area contributed by atoms with Gasteiger partial charge in [0.05, 0.1) is 18.9 Å². The number of hydroxylamine groups is 1. The Balaban J connectivity index is 2.82. The lowest BCUT2D eigenvalue weighted by molar-refractivity contribution is -0.193. The first kappa shape index (κ1) is 15.9. The van der Waals surface area contributed by atoms with Crippen molar-refractivity contribution in [3.8, 4) is 5.75 Å². The molecule has 1 aromatic carbocycles. The Morgan fingerprint density at radius 3 is 2.40 bits per heavy atom. The number of nitrogens with one attached hydrogen (secondary N) is 1. The molecule has 0 atom stereocenters. The predicted octanol–water partition coefficient (Wildman–Crippen LogP) is 1.64. The van der Waals surface area contributed by atoms with Crippen molar-refractivity contribution in [3.63, 3.8) is 0 Å². The fraction of sp³-hybridized carbons (Fsp3) is 0.385. The van der Waals surface area contributed by atoms with E-state index in [1.54, 1.807) is 52.1 Å². The molecule has 0 saturated carbocycles. The Hall–Kier alpha value is -2.12. The lowest BCUT2D eigenvalue weighted by Crippen LogP contribution is -2.44. The SMILES string of the molecule is COc1ccc(/C=N/N(OC(C)(C)C)C(=O)NN)cc1. The summed E-state index contributed by atoms with van der Waals surface area (Å²) in [7, 11) is 1.59. The molecule has 0 unspecified atom stereocenters. The molecule has 0 aliphatic carbocycles. The Morgan fingerprint density at radius 2 is 1.95 bits per heavy atom. The van der Waals surface area contributed by atoms with E-state index in [1.807, 2.05) is 5.43 Å². The minimum absolute atomic E-state index is 0.580. The number of methoxy groups -OCH3 is 1. The molecule has 20 heavy (non-hydrogen) atoms. The summed E-state index contributed by atoms with van der Waals surface area (Å²) < 4.78 is 5.06. The summed E-state index contributed by atoms with van der Waals surface area (Å²) in [6.07, 6.45) is 1.49. The summed E-state index contributed by atoms with van der Waals surface area (Å²) in [5.41, 5.74) is 2.18. The van der Waals surface area contributed by atoms with Gasteiger partial charge in [0.15, 0.2) is 0 Å². The average Bonchev–Trinajstić information content (AvgIpc) is 2.42. The third kappa shape index (κ3) is 5.25. The predicted molar refractivity (Wildman–Crippen MR) is 76.0 cm³/mol. The van der Waals surface area contributed by atoms with E-state index in [9.17, 15) is 4.79 Å². The second-order valence-electron chi connectivity index (χ2n) is 4.94. The van der Waals surface area contributed by atoms with E-state index in [1.165, 1.54) is 6.21 Å². The fourth-order valence-corrected chi connectivity index (χ4v) is 1.24. The van der Waals surface area contributed by atoms with Crippen LogP contribution in [0.1, 0.15) is 26.3 Å².